The largest absolute Gasteiger partial charge is 0.481 e. The second kappa shape index (κ2) is 6.48. The number of carboxylic acids is 1. The van der Waals surface area contributed by atoms with Crippen LogP contribution in [0.5, 0.6) is 0 Å². The van der Waals surface area contributed by atoms with Crippen LogP contribution in [0.1, 0.15) is 6.42 Å². The van der Waals surface area contributed by atoms with Crippen molar-refractivity contribution < 1.29 is 28.2 Å². The van der Waals surface area contributed by atoms with Crippen LogP contribution < -0.4 is 0 Å². The smallest absolute Gasteiger partial charge is 0.320 e. The van der Waals surface area contributed by atoms with Crippen molar-refractivity contribution in [2.24, 2.45) is 0 Å². The predicted molar refractivity (Wildman–Crippen MR) is 57.6 cm³/mol. The highest BCUT2D eigenvalue weighted by molar-refractivity contribution is 5.74. The van der Waals surface area contributed by atoms with Gasteiger partial charge in [0.1, 0.15) is 0 Å². The van der Waals surface area contributed by atoms with Crippen LogP contribution in [0.2, 0.25) is 0 Å². The first-order valence-corrected chi connectivity index (χ1v) is 5.51. The van der Waals surface area contributed by atoms with Crippen molar-refractivity contribution in [2.45, 2.75) is 19.0 Å². The number of nitrogens with zero attached hydrogens (tertiary/aromatic N) is 2. The van der Waals surface area contributed by atoms with Crippen LogP contribution in [0.3, 0.4) is 0 Å². The van der Waals surface area contributed by atoms with Gasteiger partial charge in [-0.1, -0.05) is 0 Å². The Morgan fingerprint density at radius 2 is 2.22 bits per heavy atom. The van der Waals surface area contributed by atoms with E-state index in [4.69, 9.17) is 9.84 Å². The molecule has 0 aliphatic carbocycles. The van der Waals surface area contributed by atoms with Crippen molar-refractivity contribution >= 4 is 12.0 Å². The molecule has 6 nitrogen and oxygen atoms in total. The molecule has 1 fully saturated rings. The average molecular weight is 266 g/mol. The topological polar surface area (TPSA) is 70.1 Å². The molecule has 18 heavy (non-hydrogen) atoms. The van der Waals surface area contributed by atoms with Crippen LogP contribution >= 0.6 is 0 Å². The molecule has 1 atom stereocenters. The molecule has 1 saturated heterocycles. The summed E-state index contributed by atoms with van der Waals surface area (Å²) >= 11 is 0. The Morgan fingerprint density at radius 1 is 1.56 bits per heavy atom. The Labute approximate surface area is 103 Å². The molecule has 0 aromatic heterocycles. The minimum absolute atomic E-state index is 0.110. The van der Waals surface area contributed by atoms with E-state index in [0.717, 1.165) is 4.90 Å². The number of ether oxygens (including phenoxy) is 1. The van der Waals surface area contributed by atoms with Gasteiger partial charge in [-0.2, -0.15) is 0 Å². The summed E-state index contributed by atoms with van der Waals surface area (Å²) in [5.74, 6) is -1.02. The number of morpholine rings is 1. The number of carbonyl (C=O) groups excluding carboxylic acids is 1. The minimum atomic E-state index is -2.59. The van der Waals surface area contributed by atoms with E-state index in [1.807, 2.05) is 0 Å². The Bertz CT molecular complexity index is 314. The zero-order valence-electron chi connectivity index (χ0n) is 10.0. The molecular weight excluding hydrogens is 250 g/mol. The second-order valence-electron chi connectivity index (χ2n) is 4.09. The molecule has 8 heteroatoms. The Hall–Kier alpha value is -1.44. The molecular formula is C10H16F2N2O4. The summed E-state index contributed by atoms with van der Waals surface area (Å²) in [4.78, 5) is 24.6. The van der Waals surface area contributed by atoms with E-state index in [1.165, 1.54) is 11.9 Å². The number of rotatable bonds is 4. The second-order valence-corrected chi connectivity index (χ2v) is 4.09. The lowest BCUT2D eigenvalue weighted by Crippen LogP contribution is -2.51. The van der Waals surface area contributed by atoms with E-state index >= 15 is 0 Å². The minimum Gasteiger partial charge on any atom is -0.481 e. The summed E-state index contributed by atoms with van der Waals surface area (Å²) in [5, 5.41) is 8.63. The first kappa shape index (κ1) is 14.6. The van der Waals surface area contributed by atoms with Crippen LogP contribution in [0.25, 0.3) is 0 Å². The maximum Gasteiger partial charge on any atom is 0.320 e. The van der Waals surface area contributed by atoms with Crippen LogP contribution in [0, 0.1) is 0 Å². The zero-order valence-corrected chi connectivity index (χ0v) is 10.0. The molecule has 0 bridgehead atoms. The number of halogens is 2. The number of hydrogen-bond donors (Lipinski definition) is 1. The third kappa shape index (κ3) is 4.44. The highest BCUT2D eigenvalue weighted by atomic mass is 19.3. The van der Waals surface area contributed by atoms with Crippen molar-refractivity contribution in [3.8, 4) is 0 Å². The van der Waals surface area contributed by atoms with Crippen LogP contribution in [0.15, 0.2) is 0 Å². The Morgan fingerprint density at radius 3 is 2.78 bits per heavy atom. The summed E-state index contributed by atoms with van der Waals surface area (Å²) in [7, 11) is 1.29. The number of alkyl halides is 2. The van der Waals surface area contributed by atoms with E-state index < -0.39 is 31.1 Å². The standard InChI is InChI=1S/C10H16F2N2O4/c1-13(6-8(11)12)10(17)14-2-3-18-7(5-14)4-9(15)16/h7-8H,2-6H2,1H3,(H,15,16). The molecule has 104 valence electrons. The van der Waals surface area contributed by atoms with Gasteiger partial charge in [-0.25, -0.2) is 13.6 Å². The molecule has 0 radical (unpaired) electrons. The predicted octanol–water partition coefficient (Wildman–Crippen LogP) is 0.479. The number of carboxylic acid groups (broad SMARTS) is 1. The third-order valence-electron chi connectivity index (χ3n) is 2.55. The van der Waals surface area contributed by atoms with Gasteiger partial charge in [-0.15, -0.1) is 0 Å². The van der Waals surface area contributed by atoms with Gasteiger partial charge in [0.25, 0.3) is 6.43 Å². The molecule has 0 aromatic carbocycles. The normalized spacial score (nSPS) is 20.0. The maximum atomic E-state index is 12.1. The molecule has 1 N–H and O–H groups in total. The monoisotopic (exact) mass is 266 g/mol. The summed E-state index contributed by atoms with van der Waals surface area (Å²) in [6.45, 7) is -0.0345. The van der Waals surface area contributed by atoms with Crippen molar-refractivity contribution in [1.82, 2.24) is 9.80 Å². The Balaban J connectivity index is 2.49. The molecule has 2 amide bonds. The summed E-state index contributed by atoms with van der Waals surface area (Å²) in [5.41, 5.74) is 0. The fourth-order valence-electron chi connectivity index (χ4n) is 1.74. The van der Waals surface area contributed by atoms with Crippen molar-refractivity contribution in [3.05, 3.63) is 0 Å². The first-order chi connectivity index (χ1) is 8.40. The number of urea groups is 1. The summed E-state index contributed by atoms with van der Waals surface area (Å²) < 4.78 is 29.5. The quantitative estimate of drug-likeness (QED) is 0.803. The summed E-state index contributed by atoms with van der Waals surface area (Å²) in [6.07, 6.45) is -3.38. The first-order valence-electron chi connectivity index (χ1n) is 5.51. The van der Waals surface area contributed by atoms with E-state index in [9.17, 15) is 18.4 Å². The summed E-state index contributed by atoms with van der Waals surface area (Å²) in [6, 6.07) is -0.533. The van der Waals surface area contributed by atoms with E-state index in [1.54, 1.807) is 0 Å². The molecule has 0 aromatic rings. The molecule has 1 rings (SSSR count). The maximum absolute atomic E-state index is 12.1. The highest BCUT2D eigenvalue weighted by Crippen LogP contribution is 2.11. The number of carbonyl (C=O) groups is 2. The average Bonchev–Trinajstić information content (AvgIpc) is 2.26. The van der Waals surface area contributed by atoms with E-state index in [-0.39, 0.29) is 26.1 Å². The van der Waals surface area contributed by atoms with Crippen molar-refractivity contribution in [1.29, 1.82) is 0 Å². The lowest BCUT2D eigenvalue weighted by Gasteiger charge is -2.34. The fourth-order valence-corrected chi connectivity index (χ4v) is 1.74. The van der Waals surface area contributed by atoms with Gasteiger partial charge < -0.3 is 19.6 Å². The SMILES string of the molecule is CN(CC(F)F)C(=O)N1CCOC(CC(=O)O)C1. The number of aliphatic carboxylic acids is 1. The van der Waals surface area contributed by atoms with Crippen molar-refractivity contribution in [3.63, 3.8) is 0 Å². The van der Waals surface area contributed by atoms with Crippen LogP contribution in [0.4, 0.5) is 13.6 Å². The fraction of sp³-hybridized carbons (Fsp3) is 0.800. The lowest BCUT2D eigenvalue weighted by molar-refractivity contribution is -0.141. The number of hydrogen-bond acceptors (Lipinski definition) is 3. The zero-order chi connectivity index (χ0) is 13.7. The van der Waals surface area contributed by atoms with Gasteiger partial charge in [-0.05, 0) is 0 Å². The number of amides is 2. The van der Waals surface area contributed by atoms with Crippen molar-refractivity contribution in [2.75, 3.05) is 33.3 Å². The Kier molecular flexibility index (Phi) is 5.26. The molecule has 1 aliphatic heterocycles. The van der Waals surface area contributed by atoms with E-state index in [0.29, 0.717) is 0 Å². The third-order valence-corrected chi connectivity index (χ3v) is 2.55. The molecule has 0 spiro atoms. The highest BCUT2D eigenvalue weighted by Gasteiger charge is 2.28. The van der Waals surface area contributed by atoms with Gasteiger partial charge in [0.05, 0.1) is 25.7 Å². The lowest BCUT2D eigenvalue weighted by atomic mass is 10.2. The molecule has 0 saturated carbocycles. The van der Waals surface area contributed by atoms with E-state index in [2.05, 4.69) is 0 Å². The molecule has 1 heterocycles. The van der Waals surface area contributed by atoms with Gasteiger partial charge in [-0.3, -0.25) is 4.79 Å². The van der Waals surface area contributed by atoms with Gasteiger partial charge in [0.15, 0.2) is 0 Å². The van der Waals surface area contributed by atoms with Crippen LogP contribution in [-0.4, -0.2) is 72.7 Å². The van der Waals surface area contributed by atoms with Gasteiger partial charge in [0, 0.05) is 20.1 Å². The molecule has 1 aliphatic rings. The van der Waals surface area contributed by atoms with Gasteiger partial charge >= 0.3 is 12.0 Å². The van der Waals surface area contributed by atoms with Crippen LogP contribution in [-0.2, 0) is 9.53 Å². The molecule has 1 unspecified atom stereocenters. The van der Waals surface area contributed by atoms with Gasteiger partial charge in [0.2, 0.25) is 0 Å².